The van der Waals surface area contributed by atoms with Crippen LogP contribution in [-0.4, -0.2) is 0 Å². The smallest absolute Gasteiger partial charge is 0.0320 e. The van der Waals surface area contributed by atoms with Gasteiger partial charge in [-0.3, -0.25) is 0 Å². The molecule has 0 aromatic heterocycles. The van der Waals surface area contributed by atoms with Gasteiger partial charge >= 0.3 is 0 Å². The number of fused-ring (bicyclic) bond motifs is 5. The second-order valence-electron chi connectivity index (χ2n) is 7.22. The monoisotopic (exact) mass is 311 g/mol. The Morgan fingerprint density at radius 3 is 2.25 bits per heavy atom. The van der Waals surface area contributed by atoms with Crippen LogP contribution in [0.25, 0.3) is 22.3 Å². The molecule has 0 amide bonds. The Kier molecular flexibility index (Phi) is 2.87. The second kappa shape index (κ2) is 4.98. The topological polar surface area (TPSA) is 26.0 Å². The molecular weight excluding hydrogens is 290 g/mol. The van der Waals surface area contributed by atoms with Crippen molar-refractivity contribution in [3.05, 3.63) is 77.9 Å². The highest BCUT2D eigenvalue weighted by molar-refractivity contribution is 5.85. The lowest BCUT2D eigenvalue weighted by molar-refractivity contribution is 0.550. The van der Waals surface area contributed by atoms with E-state index in [9.17, 15) is 0 Å². The zero-order valence-corrected chi connectivity index (χ0v) is 13.8. The molecular formula is C23H21N. The lowest BCUT2D eigenvalue weighted by atomic mass is 9.76. The summed E-state index contributed by atoms with van der Waals surface area (Å²) in [5.41, 5.74) is 15.5. The van der Waals surface area contributed by atoms with E-state index in [2.05, 4.69) is 66.7 Å². The van der Waals surface area contributed by atoms with E-state index in [-0.39, 0.29) is 5.41 Å². The Morgan fingerprint density at radius 1 is 0.667 bits per heavy atom. The van der Waals surface area contributed by atoms with Gasteiger partial charge in [0.2, 0.25) is 0 Å². The van der Waals surface area contributed by atoms with Crippen molar-refractivity contribution >= 4 is 5.69 Å². The Balaban J connectivity index is 1.76. The quantitative estimate of drug-likeness (QED) is 0.567. The summed E-state index contributed by atoms with van der Waals surface area (Å²) in [5, 5.41) is 0. The summed E-state index contributed by atoms with van der Waals surface area (Å²) in [6.07, 6.45) is 5.15. The number of anilines is 1. The van der Waals surface area contributed by atoms with E-state index in [0.29, 0.717) is 0 Å². The molecule has 1 saturated carbocycles. The Labute approximate surface area is 143 Å². The zero-order chi connectivity index (χ0) is 16.1. The van der Waals surface area contributed by atoms with Crippen molar-refractivity contribution in [2.45, 2.75) is 31.1 Å². The standard InChI is InChI=1S/C23H21N/c24-18-9-11-21-20(15-18)19-10-8-17(16-6-2-1-3-7-16)14-22(19)23(21)12-4-5-13-23/h1-3,6-11,14-15H,4-5,12-13,24H2. The molecule has 0 bridgehead atoms. The van der Waals surface area contributed by atoms with E-state index in [4.69, 9.17) is 5.73 Å². The fraction of sp³-hybridized carbons (Fsp3) is 0.217. The van der Waals surface area contributed by atoms with Crippen molar-refractivity contribution in [1.29, 1.82) is 0 Å². The Hall–Kier alpha value is -2.54. The van der Waals surface area contributed by atoms with Crippen molar-refractivity contribution in [2.75, 3.05) is 5.73 Å². The number of rotatable bonds is 1. The third-order valence-electron chi connectivity index (χ3n) is 5.95. The van der Waals surface area contributed by atoms with E-state index in [1.165, 1.54) is 59.1 Å². The highest BCUT2D eigenvalue weighted by atomic mass is 14.6. The molecule has 2 aliphatic rings. The largest absolute Gasteiger partial charge is 0.399 e. The zero-order valence-electron chi connectivity index (χ0n) is 13.8. The molecule has 0 heterocycles. The summed E-state index contributed by atoms with van der Waals surface area (Å²) >= 11 is 0. The predicted molar refractivity (Wildman–Crippen MR) is 101 cm³/mol. The third kappa shape index (κ3) is 1.81. The van der Waals surface area contributed by atoms with Gasteiger partial charge in [0, 0.05) is 11.1 Å². The van der Waals surface area contributed by atoms with Crippen LogP contribution in [-0.2, 0) is 5.41 Å². The van der Waals surface area contributed by atoms with E-state index in [1.54, 1.807) is 0 Å². The molecule has 2 N–H and O–H groups in total. The fourth-order valence-electron chi connectivity index (χ4n) is 4.85. The SMILES string of the molecule is Nc1ccc2c(c1)-c1ccc(-c3ccccc3)cc1C21CCCC1. The van der Waals surface area contributed by atoms with Gasteiger partial charge in [-0.2, -0.15) is 0 Å². The fourth-order valence-corrected chi connectivity index (χ4v) is 4.85. The molecule has 1 fully saturated rings. The van der Waals surface area contributed by atoms with Crippen molar-refractivity contribution in [2.24, 2.45) is 0 Å². The molecule has 24 heavy (non-hydrogen) atoms. The molecule has 3 aromatic rings. The van der Waals surface area contributed by atoms with E-state index in [1.807, 2.05) is 0 Å². The van der Waals surface area contributed by atoms with Crippen LogP contribution in [0.15, 0.2) is 66.7 Å². The lowest BCUT2D eigenvalue weighted by Crippen LogP contribution is -2.20. The molecule has 3 aromatic carbocycles. The van der Waals surface area contributed by atoms with Crippen LogP contribution in [0.3, 0.4) is 0 Å². The van der Waals surface area contributed by atoms with Crippen LogP contribution in [0.4, 0.5) is 5.69 Å². The molecule has 118 valence electrons. The molecule has 0 aliphatic heterocycles. The summed E-state index contributed by atoms with van der Waals surface area (Å²) in [4.78, 5) is 0. The van der Waals surface area contributed by atoms with E-state index < -0.39 is 0 Å². The average Bonchev–Trinajstić information content (AvgIpc) is 3.21. The summed E-state index contributed by atoms with van der Waals surface area (Å²) in [5.74, 6) is 0. The normalized spacial score (nSPS) is 17.0. The predicted octanol–water partition coefficient (Wildman–Crippen LogP) is 5.78. The Morgan fingerprint density at radius 2 is 1.46 bits per heavy atom. The van der Waals surface area contributed by atoms with Gasteiger partial charge < -0.3 is 5.73 Å². The number of nitrogen functional groups attached to an aromatic ring is 1. The van der Waals surface area contributed by atoms with Gasteiger partial charge in [-0.1, -0.05) is 61.4 Å². The van der Waals surface area contributed by atoms with Crippen molar-refractivity contribution in [1.82, 2.24) is 0 Å². The minimum atomic E-state index is 0.211. The van der Waals surface area contributed by atoms with Crippen LogP contribution >= 0.6 is 0 Å². The third-order valence-corrected chi connectivity index (χ3v) is 5.95. The van der Waals surface area contributed by atoms with Gasteiger partial charge in [0.1, 0.15) is 0 Å². The lowest BCUT2D eigenvalue weighted by Gasteiger charge is -2.27. The highest BCUT2D eigenvalue weighted by Gasteiger charge is 2.44. The molecule has 1 nitrogen and oxygen atoms in total. The summed E-state index contributed by atoms with van der Waals surface area (Å²) < 4.78 is 0. The molecule has 0 unspecified atom stereocenters. The van der Waals surface area contributed by atoms with Gasteiger partial charge in [0.05, 0.1) is 0 Å². The average molecular weight is 311 g/mol. The molecule has 5 rings (SSSR count). The van der Waals surface area contributed by atoms with Crippen LogP contribution < -0.4 is 5.73 Å². The van der Waals surface area contributed by atoms with Crippen LogP contribution in [0.5, 0.6) is 0 Å². The number of benzene rings is 3. The van der Waals surface area contributed by atoms with E-state index >= 15 is 0 Å². The van der Waals surface area contributed by atoms with Crippen molar-refractivity contribution in [3.63, 3.8) is 0 Å². The van der Waals surface area contributed by atoms with E-state index in [0.717, 1.165) is 5.69 Å². The first-order valence-corrected chi connectivity index (χ1v) is 8.88. The second-order valence-corrected chi connectivity index (χ2v) is 7.22. The van der Waals surface area contributed by atoms with Crippen LogP contribution in [0, 0.1) is 0 Å². The van der Waals surface area contributed by atoms with Gasteiger partial charge in [0.15, 0.2) is 0 Å². The summed E-state index contributed by atoms with van der Waals surface area (Å²) in [6.45, 7) is 0. The van der Waals surface area contributed by atoms with Gasteiger partial charge in [-0.15, -0.1) is 0 Å². The maximum absolute atomic E-state index is 6.10. The summed E-state index contributed by atoms with van der Waals surface area (Å²) in [6, 6.07) is 24.2. The highest BCUT2D eigenvalue weighted by Crippen LogP contribution is 2.57. The van der Waals surface area contributed by atoms with Crippen molar-refractivity contribution < 1.29 is 0 Å². The maximum Gasteiger partial charge on any atom is 0.0320 e. The van der Waals surface area contributed by atoms with Crippen molar-refractivity contribution in [3.8, 4) is 22.3 Å². The van der Waals surface area contributed by atoms with Crippen LogP contribution in [0.1, 0.15) is 36.8 Å². The van der Waals surface area contributed by atoms with Crippen LogP contribution in [0.2, 0.25) is 0 Å². The number of nitrogens with two attached hydrogens (primary N) is 1. The minimum Gasteiger partial charge on any atom is -0.399 e. The Bertz CT molecular complexity index is 918. The van der Waals surface area contributed by atoms with Gasteiger partial charge in [-0.25, -0.2) is 0 Å². The molecule has 1 heteroatoms. The first-order valence-electron chi connectivity index (χ1n) is 8.88. The molecule has 0 saturated heterocycles. The molecule has 1 spiro atoms. The summed E-state index contributed by atoms with van der Waals surface area (Å²) in [7, 11) is 0. The molecule has 2 aliphatic carbocycles. The number of hydrogen-bond donors (Lipinski definition) is 1. The van der Waals surface area contributed by atoms with Gasteiger partial charge in [-0.05, 0) is 64.4 Å². The molecule has 0 atom stereocenters. The number of hydrogen-bond acceptors (Lipinski definition) is 1. The maximum atomic E-state index is 6.10. The first-order chi connectivity index (χ1) is 11.8. The minimum absolute atomic E-state index is 0.211. The van der Waals surface area contributed by atoms with Gasteiger partial charge in [0.25, 0.3) is 0 Å². The molecule has 0 radical (unpaired) electrons. The first kappa shape index (κ1) is 13.9.